The lowest BCUT2D eigenvalue weighted by Crippen LogP contribution is -2.39. The monoisotopic (exact) mass is 311 g/mol. The number of nitrogens with one attached hydrogen (secondary N) is 2. The molecule has 0 aromatic heterocycles. The molecule has 21 heavy (non-hydrogen) atoms. The summed E-state index contributed by atoms with van der Waals surface area (Å²) in [7, 11) is 0. The molecule has 0 saturated heterocycles. The van der Waals surface area contributed by atoms with E-state index in [0.717, 1.165) is 25.7 Å². The lowest BCUT2D eigenvalue weighted by molar-refractivity contribution is -0.384. The maximum absolute atomic E-state index is 12.1. The Kier molecular flexibility index (Phi) is 5.01. The molecule has 1 aromatic rings. The third kappa shape index (κ3) is 3.64. The molecule has 114 valence electrons. The molecule has 0 radical (unpaired) electrons. The molecule has 1 amide bonds. The number of anilines is 1. The predicted octanol–water partition coefficient (Wildman–Crippen LogP) is 3.35. The van der Waals surface area contributed by atoms with Gasteiger partial charge in [-0.1, -0.05) is 18.5 Å². The second-order valence-electron chi connectivity index (χ2n) is 5.14. The first-order chi connectivity index (χ1) is 10.0. The van der Waals surface area contributed by atoms with Crippen molar-refractivity contribution in [3.8, 4) is 0 Å². The van der Waals surface area contributed by atoms with Crippen molar-refractivity contribution in [1.29, 1.82) is 0 Å². The Morgan fingerprint density at radius 3 is 2.71 bits per heavy atom. The Bertz CT molecular complexity index is 559. The number of rotatable bonds is 6. The van der Waals surface area contributed by atoms with Gasteiger partial charge in [-0.3, -0.25) is 14.9 Å². The lowest BCUT2D eigenvalue weighted by Gasteiger charge is -2.26. The molecule has 1 aromatic carbocycles. The number of hydrogen-bond acceptors (Lipinski definition) is 4. The van der Waals surface area contributed by atoms with Crippen molar-refractivity contribution >= 4 is 28.9 Å². The van der Waals surface area contributed by atoms with Crippen molar-refractivity contribution in [3.05, 3.63) is 32.8 Å². The highest BCUT2D eigenvalue weighted by molar-refractivity contribution is 6.34. The fourth-order valence-electron chi connectivity index (χ4n) is 2.11. The minimum absolute atomic E-state index is 0.172. The van der Waals surface area contributed by atoms with E-state index in [0.29, 0.717) is 6.54 Å². The van der Waals surface area contributed by atoms with Gasteiger partial charge in [-0.05, 0) is 31.7 Å². The van der Waals surface area contributed by atoms with E-state index in [-0.39, 0.29) is 33.9 Å². The van der Waals surface area contributed by atoms with Crippen LogP contribution in [0.25, 0.3) is 0 Å². The van der Waals surface area contributed by atoms with E-state index in [4.69, 9.17) is 11.6 Å². The van der Waals surface area contributed by atoms with Crippen molar-refractivity contribution in [3.63, 3.8) is 0 Å². The van der Waals surface area contributed by atoms with Crippen LogP contribution in [0.1, 0.15) is 43.0 Å². The van der Waals surface area contributed by atoms with Gasteiger partial charge in [0.1, 0.15) is 5.69 Å². The number of nitrogens with zero attached hydrogens (tertiary/aromatic N) is 1. The molecule has 2 N–H and O–H groups in total. The highest BCUT2D eigenvalue weighted by Gasteiger charge is 2.24. The summed E-state index contributed by atoms with van der Waals surface area (Å²) in [4.78, 5) is 22.7. The van der Waals surface area contributed by atoms with Crippen LogP contribution in [0.5, 0.6) is 0 Å². The Balaban J connectivity index is 2.26. The summed E-state index contributed by atoms with van der Waals surface area (Å²) in [6.45, 7) is 2.53. The largest absolute Gasteiger partial charge is 0.378 e. The van der Waals surface area contributed by atoms with E-state index in [2.05, 4.69) is 10.6 Å². The lowest BCUT2D eigenvalue weighted by atomic mass is 9.93. The van der Waals surface area contributed by atoms with E-state index in [9.17, 15) is 14.9 Å². The van der Waals surface area contributed by atoms with Gasteiger partial charge < -0.3 is 10.6 Å². The van der Waals surface area contributed by atoms with Crippen LogP contribution in [-0.4, -0.2) is 23.4 Å². The van der Waals surface area contributed by atoms with Crippen LogP contribution in [0, 0.1) is 10.1 Å². The topological polar surface area (TPSA) is 84.3 Å². The second-order valence-corrected chi connectivity index (χ2v) is 5.54. The Morgan fingerprint density at radius 2 is 2.19 bits per heavy atom. The average molecular weight is 312 g/mol. The maximum atomic E-state index is 12.1. The number of carbonyl (C=O) groups excluding carboxylic acids is 1. The summed E-state index contributed by atoms with van der Waals surface area (Å²) in [5.74, 6) is -0.313. The minimum Gasteiger partial charge on any atom is -0.378 e. The van der Waals surface area contributed by atoms with Gasteiger partial charge in [0, 0.05) is 24.2 Å². The van der Waals surface area contributed by atoms with E-state index in [1.807, 2.05) is 6.92 Å². The van der Waals surface area contributed by atoms with E-state index >= 15 is 0 Å². The highest BCUT2D eigenvalue weighted by Crippen LogP contribution is 2.34. The van der Waals surface area contributed by atoms with Crippen LogP contribution in [0.2, 0.25) is 5.02 Å². The van der Waals surface area contributed by atoms with Crippen molar-refractivity contribution in [1.82, 2.24) is 5.32 Å². The van der Waals surface area contributed by atoms with Gasteiger partial charge in [0.05, 0.1) is 9.95 Å². The van der Waals surface area contributed by atoms with E-state index < -0.39 is 4.92 Å². The van der Waals surface area contributed by atoms with Crippen molar-refractivity contribution in [2.75, 3.05) is 11.9 Å². The summed E-state index contributed by atoms with van der Waals surface area (Å²) < 4.78 is 0. The quantitative estimate of drug-likeness (QED) is 0.623. The number of amides is 1. The van der Waals surface area contributed by atoms with Gasteiger partial charge in [-0.2, -0.15) is 0 Å². The molecule has 0 heterocycles. The molecule has 0 atom stereocenters. The number of carbonyl (C=O) groups is 1. The number of nitro groups is 1. The zero-order valence-corrected chi connectivity index (χ0v) is 12.6. The summed E-state index contributed by atoms with van der Waals surface area (Å²) in [6, 6.07) is 2.92. The first kappa shape index (κ1) is 15.6. The van der Waals surface area contributed by atoms with Gasteiger partial charge in [0.25, 0.3) is 11.6 Å². The molecule has 1 saturated carbocycles. The third-order valence-electron chi connectivity index (χ3n) is 3.52. The molecule has 0 aliphatic heterocycles. The molecule has 0 spiro atoms. The van der Waals surface area contributed by atoms with Gasteiger partial charge in [0.2, 0.25) is 0 Å². The zero-order valence-electron chi connectivity index (χ0n) is 11.8. The van der Waals surface area contributed by atoms with Gasteiger partial charge in [-0.25, -0.2) is 0 Å². The fraction of sp³-hybridized carbons (Fsp3) is 0.500. The first-order valence-electron chi connectivity index (χ1n) is 7.05. The van der Waals surface area contributed by atoms with Crippen molar-refractivity contribution < 1.29 is 9.72 Å². The SMILES string of the molecule is CCCNc1c(Cl)cc(C(=O)NC2CCC2)cc1[N+](=O)[O-]. The third-order valence-corrected chi connectivity index (χ3v) is 3.82. The molecule has 7 heteroatoms. The molecule has 1 aliphatic carbocycles. The van der Waals surface area contributed by atoms with Crippen LogP contribution in [0.15, 0.2) is 12.1 Å². The predicted molar refractivity (Wildman–Crippen MR) is 82.0 cm³/mol. The number of nitro benzene ring substituents is 1. The molecule has 0 unspecified atom stereocenters. The first-order valence-corrected chi connectivity index (χ1v) is 7.43. The minimum atomic E-state index is -0.524. The number of halogens is 1. The Hall–Kier alpha value is -1.82. The number of hydrogen-bond donors (Lipinski definition) is 2. The van der Waals surface area contributed by atoms with Crippen LogP contribution >= 0.6 is 11.6 Å². The van der Waals surface area contributed by atoms with Gasteiger partial charge >= 0.3 is 0 Å². The van der Waals surface area contributed by atoms with Crippen molar-refractivity contribution in [2.45, 2.75) is 38.6 Å². The molecule has 1 aliphatic rings. The smallest absolute Gasteiger partial charge is 0.294 e. The second kappa shape index (κ2) is 6.76. The summed E-state index contributed by atoms with van der Waals surface area (Å²) in [6.07, 6.45) is 3.83. The standard InChI is InChI=1S/C14H18ClN3O3/c1-2-6-16-13-11(15)7-9(8-12(13)18(20)21)14(19)17-10-4-3-5-10/h7-8,10,16H,2-6H2,1H3,(H,17,19). The number of benzene rings is 1. The van der Waals surface area contributed by atoms with Crippen LogP contribution < -0.4 is 10.6 Å². The molecule has 0 bridgehead atoms. The molecule has 6 nitrogen and oxygen atoms in total. The molecular formula is C14H18ClN3O3. The zero-order chi connectivity index (χ0) is 15.4. The fourth-order valence-corrected chi connectivity index (χ4v) is 2.39. The van der Waals surface area contributed by atoms with E-state index in [1.54, 1.807) is 0 Å². The molecule has 2 rings (SSSR count). The highest BCUT2D eigenvalue weighted by atomic mass is 35.5. The van der Waals surface area contributed by atoms with Crippen LogP contribution in [0.4, 0.5) is 11.4 Å². The van der Waals surface area contributed by atoms with Crippen LogP contribution in [-0.2, 0) is 0 Å². The normalized spacial score (nSPS) is 14.4. The Morgan fingerprint density at radius 1 is 1.48 bits per heavy atom. The summed E-state index contributed by atoms with van der Waals surface area (Å²) in [5, 5.41) is 17.2. The summed E-state index contributed by atoms with van der Waals surface area (Å²) in [5.41, 5.74) is 0.319. The average Bonchev–Trinajstić information content (AvgIpc) is 2.40. The maximum Gasteiger partial charge on any atom is 0.294 e. The molecule has 1 fully saturated rings. The van der Waals surface area contributed by atoms with Gasteiger partial charge in [0.15, 0.2) is 0 Å². The Labute approximate surface area is 128 Å². The van der Waals surface area contributed by atoms with Crippen molar-refractivity contribution in [2.24, 2.45) is 0 Å². The molecular weight excluding hydrogens is 294 g/mol. The summed E-state index contributed by atoms with van der Waals surface area (Å²) >= 11 is 6.10. The van der Waals surface area contributed by atoms with E-state index in [1.165, 1.54) is 12.1 Å². The van der Waals surface area contributed by atoms with Gasteiger partial charge in [-0.15, -0.1) is 0 Å². The van der Waals surface area contributed by atoms with Crippen LogP contribution in [0.3, 0.4) is 0 Å².